The Morgan fingerprint density at radius 2 is 2.08 bits per heavy atom. The number of amides is 2. The van der Waals surface area contributed by atoms with Crippen molar-refractivity contribution in [2.75, 3.05) is 26.1 Å². The van der Waals surface area contributed by atoms with Gasteiger partial charge in [-0.2, -0.15) is 0 Å². The highest BCUT2D eigenvalue weighted by atomic mass is 32.1. The Hall–Kier alpha value is -2.21. The van der Waals surface area contributed by atoms with E-state index in [0.29, 0.717) is 17.2 Å². The molecular weight excluding hydrogens is 336 g/mol. The fourth-order valence-electron chi connectivity index (χ4n) is 3.22. The number of nitrogens with one attached hydrogen (secondary N) is 1. The Kier molecular flexibility index (Phi) is 5.81. The molecule has 0 unspecified atom stereocenters. The number of rotatable bonds is 4. The first-order chi connectivity index (χ1) is 12.2. The number of carbonyl (C=O) groups is 1. The number of carbonyl (C=O) groups excluding carboxylic acids is 1. The second-order valence-corrected chi connectivity index (χ2v) is 7.05. The molecule has 1 fully saturated rings. The van der Waals surface area contributed by atoms with Gasteiger partial charge in [-0.3, -0.25) is 0 Å². The van der Waals surface area contributed by atoms with E-state index in [1.807, 2.05) is 23.1 Å². The minimum absolute atomic E-state index is 0.0798. The van der Waals surface area contributed by atoms with Gasteiger partial charge in [-0.05, 0) is 36.4 Å². The molecule has 1 atom stereocenters. The third-order valence-electron chi connectivity index (χ3n) is 4.54. The maximum absolute atomic E-state index is 13.0. The molecule has 0 spiro atoms. The van der Waals surface area contributed by atoms with Crippen LogP contribution in [0.4, 0.5) is 10.5 Å². The van der Waals surface area contributed by atoms with E-state index in [4.69, 9.17) is 9.47 Å². The molecule has 0 saturated carbocycles. The molecule has 25 heavy (non-hydrogen) atoms. The normalized spacial score (nSPS) is 17.7. The summed E-state index contributed by atoms with van der Waals surface area (Å²) in [6.07, 6.45) is 4.36. The number of thiophene rings is 1. The molecule has 0 radical (unpaired) electrons. The van der Waals surface area contributed by atoms with Crippen molar-refractivity contribution < 1.29 is 14.3 Å². The van der Waals surface area contributed by atoms with Crippen LogP contribution in [-0.2, 0) is 0 Å². The summed E-state index contributed by atoms with van der Waals surface area (Å²) in [4.78, 5) is 16.2. The van der Waals surface area contributed by atoms with E-state index >= 15 is 0 Å². The maximum Gasteiger partial charge on any atom is 0.322 e. The molecule has 1 aliphatic rings. The van der Waals surface area contributed by atoms with Crippen LogP contribution in [0.1, 0.15) is 36.6 Å². The highest BCUT2D eigenvalue weighted by Crippen LogP contribution is 2.34. The molecule has 1 aromatic heterocycles. The van der Waals surface area contributed by atoms with Gasteiger partial charge in [-0.1, -0.05) is 18.9 Å². The lowest BCUT2D eigenvalue weighted by molar-refractivity contribution is 0.190. The fourth-order valence-corrected chi connectivity index (χ4v) is 4.09. The highest BCUT2D eigenvalue weighted by molar-refractivity contribution is 7.10. The van der Waals surface area contributed by atoms with E-state index < -0.39 is 0 Å². The molecule has 1 aromatic carbocycles. The first-order valence-electron chi connectivity index (χ1n) is 8.56. The molecule has 1 N–H and O–H groups in total. The van der Waals surface area contributed by atoms with Crippen LogP contribution < -0.4 is 14.8 Å². The Morgan fingerprint density at radius 3 is 2.80 bits per heavy atom. The largest absolute Gasteiger partial charge is 0.497 e. The van der Waals surface area contributed by atoms with Gasteiger partial charge in [0.15, 0.2) is 0 Å². The van der Waals surface area contributed by atoms with Crippen LogP contribution in [0.2, 0.25) is 0 Å². The third-order valence-corrected chi connectivity index (χ3v) is 5.51. The number of nitrogens with zero attached hydrogens (tertiary/aromatic N) is 1. The first-order valence-corrected chi connectivity index (χ1v) is 9.44. The molecule has 0 aliphatic carbocycles. The van der Waals surface area contributed by atoms with Crippen molar-refractivity contribution in [3.8, 4) is 11.5 Å². The average Bonchev–Trinajstić information content (AvgIpc) is 3.06. The van der Waals surface area contributed by atoms with Gasteiger partial charge in [-0.25, -0.2) is 4.79 Å². The lowest BCUT2D eigenvalue weighted by Crippen LogP contribution is -2.37. The van der Waals surface area contributed by atoms with E-state index in [1.165, 1.54) is 4.88 Å². The number of benzene rings is 1. The molecule has 1 aliphatic heterocycles. The van der Waals surface area contributed by atoms with Crippen molar-refractivity contribution in [3.63, 3.8) is 0 Å². The van der Waals surface area contributed by atoms with Gasteiger partial charge in [-0.15, -0.1) is 11.3 Å². The number of hydrogen-bond donors (Lipinski definition) is 1. The summed E-state index contributed by atoms with van der Waals surface area (Å²) in [6.45, 7) is 0.771. The lowest BCUT2D eigenvalue weighted by Gasteiger charge is -2.29. The van der Waals surface area contributed by atoms with Crippen molar-refractivity contribution in [2.45, 2.75) is 31.7 Å². The van der Waals surface area contributed by atoms with Crippen LogP contribution >= 0.6 is 11.3 Å². The second-order valence-electron chi connectivity index (χ2n) is 6.07. The van der Waals surface area contributed by atoms with Gasteiger partial charge < -0.3 is 19.7 Å². The monoisotopic (exact) mass is 360 g/mol. The van der Waals surface area contributed by atoms with Gasteiger partial charge in [0.25, 0.3) is 0 Å². The van der Waals surface area contributed by atoms with Gasteiger partial charge in [0, 0.05) is 17.5 Å². The van der Waals surface area contributed by atoms with E-state index in [2.05, 4.69) is 16.8 Å². The zero-order valence-electron chi connectivity index (χ0n) is 14.7. The summed E-state index contributed by atoms with van der Waals surface area (Å²) in [5, 5.41) is 5.09. The van der Waals surface area contributed by atoms with Gasteiger partial charge >= 0.3 is 6.03 Å². The van der Waals surface area contributed by atoms with Gasteiger partial charge in [0.2, 0.25) is 0 Å². The summed E-state index contributed by atoms with van der Waals surface area (Å²) >= 11 is 1.72. The summed E-state index contributed by atoms with van der Waals surface area (Å²) in [7, 11) is 3.20. The number of urea groups is 1. The first kappa shape index (κ1) is 17.6. The average molecular weight is 360 g/mol. The molecule has 2 heterocycles. The second kappa shape index (κ2) is 8.25. The summed E-state index contributed by atoms with van der Waals surface area (Å²) in [5.74, 6) is 1.29. The van der Waals surface area contributed by atoms with Crippen LogP contribution in [0, 0.1) is 0 Å². The Morgan fingerprint density at radius 1 is 1.20 bits per heavy atom. The smallest absolute Gasteiger partial charge is 0.322 e. The van der Waals surface area contributed by atoms with Crippen molar-refractivity contribution in [1.29, 1.82) is 0 Å². The molecule has 2 amide bonds. The molecule has 3 rings (SSSR count). The predicted molar refractivity (Wildman–Crippen MR) is 101 cm³/mol. The van der Waals surface area contributed by atoms with E-state index in [-0.39, 0.29) is 12.1 Å². The minimum Gasteiger partial charge on any atom is -0.497 e. The van der Waals surface area contributed by atoms with Gasteiger partial charge in [0.05, 0.1) is 25.9 Å². The predicted octanol–water partition coefficient (Wildman–Crippen LogP) is 4.91. The molecular formula is C19H24N2O3S. The van der Waals surface area contributed by atoms with E-state index in [1.54, 1.807) is 31.6 Å². The number of hydrogen-bond acceptors (Lipinski definition) is 4. The molecule has 5 nitrogen and oxygen atoms in total. The number of anilines is 1. The summed E-state index contributed by atoms with van der Waals surface area (Å²) in [5.41, 5.74) is 0.655. The van der Waals surface area contributed by atoms with Crippen molar-refractivity contribution in [2.24, 2.45) is 0 Å². The Labute approximate surface area is 152 Å². The van der Waals surface area contributed by atoms with Crippen LogP contribution in [0.3, 0.4) is 0 Å². The number of ether oxygens (including phenoxy) is 2. The highest BCUT2D eigenvalue weighted by Gasteiger charge is 2.28. The Balaban J connectivity index is 1.80. The zero-order chi connectivity index (χ0) is 17.6. The molecule has 6 heteroatoms. The van der Waals surface area contributed by atoms with Crippen LogP contribution in [0.15, 0.2) is 35.7 Å². The van der Waals surface area contributed by atoms with Crippen LogP contribution in [0.5, 0.6) is 11.5 Å². The van der Waals surface area contributed by atoms with Crippen molar-refractivity contribution >= 4 is 23.1 Å². The van der Waals surface area contributed by atoms with Crippen LogP contribution in [-0.4, -0.2) is 31.7 Å². The minimum atomic E-state index is -0.0798. The molecule has 134 valence electrons. The topological polar surface area (TPSA) is 50.8 Å². The molecule has 0 bridgehead atoms. The summed E-state index contributed by atoms with van der Waals surface area (Å²) < 4.78 is 10.6. The fraction of sp³-hybridized carbons (Fsp3) is 0.421. The summed E-state index contributed by atoms with van der Waals surface area (Å²) in [6, 6.07) is 9.64. The number of likely N-dealkylation sites (tertiary alicyclic amines) is 1. The third kappa shape index (κ3) is 4.07. The van der Waals surface area contributed by atoms with Crippen LogP contribution in [0.25, 0.3) is 0 Å². The quantitative estimate of drug-likeness (QED) is 0.842. The van der Waals surface area contributed by atoms with Crippen molar-refractivity contribution in [3.05, 3.63) is 40.6 Å². The van der Waals surface area contributed by atoms with Gasteiger partial charge in [0.1, 0.15) is 11.5 Å². The molecule has 2 aromatic rings. The lowest BCUT2D eigenvalue weighted by atomic mass is 10.1. The number of methoxy groups -OCH3 is 2. The molecule has 1 saturated heterocycles. The maximum atomic E-state index is 13.0. The standard InChI is InChI=1S/C19H24N2O3S/c1-23-14-9-10-15(17(13-14)24-2)20-19(22)21-11-5-3-4-7-16(21)18-8-6-12-25-18/h6,8-10,12-13,16H,3-5,7,11H2,1-2H3,(H,20,22)/t16-/m0/s1. The van der Waals surface area contributed by atoms with E-state index in [9.17, 15) is 4.79 Å². The van der Waals surface area contributed by atoms with Crippen molar-refractivity contribution in [1.82, 2.24) is 4.90 Å². The Bertz CT molecular complexity index is 703. The zero-order valence-corrected chi connectivity index (χ0v) is 15.5. The van der Waals surface area contributed by atoms with E-state index in [0.717, 1.165) is 32.2 Å². The SMILES string of the molecule is COc1ccc(NC(=O)N2CCCCC[C@H]2c2cccs2)c(OC)c1.